The Morgan fingerprint density at radius 2 is 2.00 bits per heavy atom. The summed E-state index contributed by atoms with van der Waals surface area (Å²) in [7, 11) is 0. The summed E-state index contributed by atoms with van der Waals surface area (Å²) in [5.74, 6) is 0.189. The van der Waals surface area contributed by atoms with Crippen LogP contribution in [0.5, 0.6) is 0 Å². The Morgan fingerprint density at radius 3 is 2.46 bits per heavy atom. The molecule has 0 fully saturated rings. The van der Waals surface area contributed by atoms with E-state index in [4.69, 9.17) is 0 Å². The summed E-state index contributed by atoms with van der Waals surface area (Å²) in [5, 5.41) is 0. The molecule has 0 aliphatic heterocycles. The predicted molar refractivity (Wildman–Crippen MR) is 54.2 cm³/mol. The Bertz CT molecular complexity index is 261. The molecule has 0 amide bonds. The third-order valence-electron chi connectivity index (χ3n) is 2.18. The van der Waals surface area contributed by atoms with Gasteiger partial charge in [0.1, 0.15) is 5.82 Å². The summed E-state index contributed by atoms with van der Waals surface area (Å²) < 4.78 is 12.6. The first-order chi connectivity index (χ1) is 6.27. The van der Waals surface area contributed by atoms with Gasteiger partial charge >= 0.3 is 0 Å². The molecule has 1 aromatic carbocycles. The highest BCUT2D eigenvalue weighted by atomic mass is 19.1. The van der Waals surface area contributed by atoms with Gasteiger partial charge in [0.25, 0.3) is 0 Å². The molecule has 0 N–H and O–H groups in total. The Morgan fingerprint density at radius 1 is 1.38 bits per heavy atom. The molecule has 0 nitrogen and oxygen atoms in total. The van der Waals surface area contributed by atoms with E-state index in [0.717, 1.165) is 18.4 Å². The van der Waals surface area contributed by atoms with Crippen molar-refractivity contribution in [2.45, 2.75) is 25.7 Å². The summed E-state index contributed by atoms with van der Waals surface area (Å²) in [6, 6.07) is 6.66. The van der Waals surface area contributed by atoms with E-state index in [1.807, 2.05) is 18.2 Å². The molecule has 13 heavy (non-hydrogen) atoms. The zero-order valence-corrected chi connectivity index (χ0v) is 7.96. The molecule has 70 valence electrons. The van der Waals surface area contributed by atoms with E-state index in [1.54, 1.807) is 0 Å². The summed E-state index contributed by atoms with van der Waals surface area (Å²) in [6.07, 6.45) is 4.12. The smallest absolute Gasteiger partial charge is 0.123 e. The maximum atomic E-state index is 12.6. The van der Waals surface area contributed by atoms with Gasteiger partial charge in [0.2, 0.25) is 0 Å². The Hall–Kier alpha value is -1.11. The van der Waals surface area contributed by atoms with E-state index in [9.17, 15) is 4.39 Å². The first-order valence-corrected chi connectivity index (χ1v) is 4.66. The minimum atomic E-state index is -0.178. The van der Waals surface area contributed by atoms with Crippen LogP contribution >= 0.6 is 0 Å². The SMILES string of the molecule is C=CC(CCC)c1ccc(F)cc1. The van der Waals surface area contributed by atoms with Crippen LogP contribution in [-0.4, -0.2) is 0 Å². The van der Waals surface area contributed by atoms with Gasteiger partial charge in [-0.1, -0.05) is 31.6 Å². The van der Waals surface area contributed by atoms with Gasteiger partial charge in [-0.3, -0.25) is 0 Å². The van der Waals surface area contributed by atoms with Gasteiger partial charge < -0.3 is 0 Å². The normalized spacial score (nSPS) is 12.5. The van der Waals surface area contributed by atoms with Crippen LogP contribution in [0.2, 0.25) is 0 Å². The Labute approximate surface area is 79.1 Å². The van der Waals surface area contributed by atoms with Gasteiger partial charge in [0, 0.05) is 5.92 Å². The molecule has 0 heterocycles. The van der Waals surface area contributed by atoms with Crippen molar-refractivity contribution in [2.75, 3.05) is 0 Å². The highest BCUT2D eigenvalue weighted by Gasteiger charge is 2.05. The van der Waals surface area contributed by atoms with Crippen molar-refractivity contribution < 1.29 is 4.39 Å². The first-order valence-electron chi connectivity index (χ1n) is 4.66. The summed E-state index contributed by atoms with van der Waals surface area (Å²) in [5.41, 5.74) is 1.15. The minimum Gasteiger partial charge on any atom is -0.207 e. The monoisotopic (exact) mass is 178 g/mol. The fourth-order valence-corrected chi connectivity index (χ4v) is 1.44. The van der Waals surface area contributed by atoms with Crippen molar-refractivity contribution in [3.8, 4) is 0 Å². The van der Waals surface area contributed by atoms with Crippen molar-refractivity contribution >= 4 is 0 Å². The Balaban J connectivity index is 2.79. The molecule has 0 bridgehead atoms. The molecule has 1 atom stereocenters. The van der Waals surface area contributed by atoms with Gasteiger partial charge in [0.15, 0.2) is 0 Å². The van der Waals surface area contributed by atoms with Crippen molar-refractivity contribution in [2.24, 2.45) is 0 Å². The molecule has 0 saturated heterocycles. The number of hydrogen-bond acceptors (Lipinski definition) is 0. The van der Waals surface area contributed by atoms with E-state index in [0.29, 0.717) is 5.92 Å². The summed E-state index contributed by atoms with van der Waals surface area (Å²) in [4.78, 5) is 0. The zero-order chi connectivity index (χ0) is 9.68. The van der Waals surface area contributed by atoms with Gasteiger partial charge in [-0.15, -0.1) is 6.58 Å². The molecule has 1 rings (SSSR count). The van der Waals surface area contributed by atoms with E-state index in [2.05, 4.69) is 13.5 Å². The second kappa shape index (κ2) is 4.80. The maximum absolute atomic E-state index is 12.6. The zero-order valence-electron chi connectivity index (χ0n) is 7.96. The van der Waals surface area contributed by atoms with E-state index in [-0.39, 0.29) is 5.82 Å². The third kappa shape index (κ3) is 2.69. The molecule has 0 aliphatic carbocycles. The molecule has 0 aromatic heterocycles. The lowest BCUT2D eigenvalue weighted by Gasteiger charge is -2.10. The molecule has 0 spiro atoms. The molecular formula is C12H15F. The number of halogens is 1. The average Bonchev–Trinajstić information content (AvgIpc) is 2.16. The fraction of sp³-hybridized carbons (Fsp3) is 0.333. The number of benzene rings is 1. The standard InChI is InChI=1S/C12H15F/c1-3-5-10(4-2)11-6-8-12(13)9-7-11/h4,6-10H,2-3,5H2,1H3. The van der Waals surface area contributed by atoms with Crippen LogP contribution in [0.15, 0.2) is 36.9 Å². The highest BCUT2D eigenvalue weighted by molar-refractivity contribution is 5.23. The summed E-state index contributed by atoms with van der Waals surface area (Å²) >= 11 is 0. The second-order valence-electron chi connectivity index (χ2n) is 3.18. The molecule has 1 aromatic rings. The van der Waals surface area contributed by atoms with E-state index < -0.39 is 0 Å². The van der Waals surface area contributed by atoms with Gasteiger partial charge in [0.05, 0.1) is 0 Å². The third-order valence-corrected chi connectivity index (χ3v) is 2.18. The first kappa shape index (κ1) is 9.97. The van der Waals surface area contributed by atoms with E-state index >= 15 is 0 Å². The fourth-order valence-electron chi connectivity index (χ4n) is 1.44. The van der Waals surface area contributed by atoms with Crippen LogP contribution in [0.25, 0.3) is 0 Å². The summed E-state index contributed by atoms with van der Waals surface area (Å²) in [6.45, 7) is 5.92. The topological polar surface area (TPSA) is 0 Å². The van der Waals surface area contributed by atoms with Crippen molar-refractivity contribution in [3.05, 3.63) is 48.3 Å². The lowest BCUT2D eigenvalue weighted by molar-refractivity contribution is 0.625. The maximum Gasteiger partial charge on any atom is 0.123 e. The quantitative estimate of drug-likeness (QED) is 0.613. The average molecular weight is 178 g/mol. The molecule has 1 unspecified atom stereocenters. The number of rotatable bonds is 4. The van der Waals surface area contributed by atoms with Crippen LogP contribution in [0.4, 0.5) is 4.39 Å². The number of hydrogen-bond donors (Lipinski definition) is 0. The van der Waals surface area contributed by atoms with Gasteiger partial charge in [-0.2, -0.15) is 0 Å². The van der Waals surface area contributed by atoms with Crippen LogP contribution in [-0.2, 0) is 0 Å². The lowest BCUT2D eigenvalue weighted by atomic mass is 9.95. The molecule has 0 saturated carbocycles. The van der Waals surface area contributed by atoms with Crippen LogP contribution in [0.1, 0.15) is 31.2 Å². The van der Waals surface area contributed by atoms with Crippen LogP contribution in [0.3, 0.4) is 0 Å². The van der Waals surface area contributed by atoms with Crippen molar-refractivity contribution in [1.29, 1.82) is 0 Å². The number of allylic oxidation sites excluding steroid dienone is 1. The highest BCUT2D eigenvalue weighted by Crippen LogP contribution is 2.22. The molecule has 1 heteroatoms. The van der Waals surface area contributed by atoms with Crippen LogP contribution in [0, 0.1) is 5.82 Å². The molecule has 0 radical (unpaired) electrons. The van der Waals surface area contributed by atoms with Crippen LogP contribution < -0.4 is 0 Å². The predicted octanol–water partition coefficient (Wildman–Crippen LogP) is 3.90. The molecule has 0 aliphatic rings. The largest absolute Gasteiger partial charge is 0.207 e. The van der Waals surface area contributed by atoms with Gasteiger partial charge in [-0.05, 0) is 24.1 Å². The lowest BCUT2D eigenvalue weighted by Crippen LogP contribution is -1.93. The van der Waals surface area contributed by atoms with Gasteiger partial charge in [-0.25, -0.2) is 4.39 Å². The Kier molecular flexibility index (Phi) is 3.69. The minimum absolute atomic E-state index is 0.178. The second-order valence-corrected chi connectivity index (χ2v) is 3.18. The van der Waals surface area contributed by atoms with Crippen molar-refractivity contribution in [3.63, 3.8) is 0 Å². The van der Waals surface area contributed by atoms with E-state index in [1.165, 1.54) is 12.1 Å². The molecular weight excluding hydrogens is 163 g/mol. The van der Waals surface area contributed by atoms with Crippen molar-refractivity contribution in [1.82, 2.24) is 0 Å².